The topological polar surface area (TPSA) is 68.8 Å². The molecule has 1 saturated heterocycles. The second kappa shape index (κ2) is 10.6. The number of hydrogen-bond acceptors (Lipinski definition) is 4. The van der Waals surface area contributed by atoms with Crippen LogP contribution in [0.2, 0.25) is 0 Å². The van der Waals surface area contributed by atoms with Gasteiger partial charge in [0.15, 0.2) is 5.11 Å². The molecule has 0 radical (unpaired) electrons. The van der Waals surface area contributed by atoms with Gasteiger partial charge in [0.25, 0.3) is 5.91 Å². The predicted molar refractivity (Wildman–Crippen MR) is 136 cm³/mol. The van der Waals surface area contributed by atoms with Gasteiger partial charge in [0.2, 0.25) is 0 Å². The summed E-state index contributed by atoms with van der Waals surface area (Å²) in [6.45, 7) is 2.03. The number of carbonyl (C=O) groups is 1. The molecule has 164 valence electrons. The fourth-order valence-corrected chi connectivity index (χ4v) is 3.78. The average Bonchev–Trinajstić information content (AvgIpc) is 2.78. The first kappa shape index (κ1) is 22.2. The molecule has 2 aromatic rings. The second-order valence-corrected chi connectivity index (χ2v) is 8.86. The standard InChI is InChI=1S/C24H24BrN5OS/c25-18-7-9-20(10-8-18)27-24(32)28-22(17-5-2-1-3-6-17)23(31)26-19-11-13-21(14-12-19)29-30-15-4-16-30/h1-3,5-13,22H,4,14-16H2,(H,26,31)(H2,27,28,32). The van der Waals surface area contributed by atoms with Gasteiger partial charge in [-0.15, -0.1) is 0 Å². The number of benzene rings is 2. The van der Waals surface area contributed by atoms with Crippen molar-refractivity contribution in [3.8, 4) is 0 Å². The molecule has 1 aliphatic carbocycles. The molecule has 8 heteroatoms. The van der Waals surface area contributed by atoms with E-state index in [2.05, 4.69) is 42.0 Å². The van der Waals surface area contributed by atoms with Crippen LogP contribution in [0.4, 0.5) is 5.69 Å². The highest BCUT2D eigenvalue weighted by molar-refractivity contribution is 9.10. The smallest absolute Gasteiger partial charge is 0.251 e. The molecule has 1 aliphatic heterocycles. The minimum atomic E-state index is -0.642. The van der Waals surface area contributed by atoms with E-state index in [4.69, 9.17) is 12.2 Å². The Morgan fingerprint density at radius 1 is 1.03 bits per heavy atom. The Morgan fingerprint density at radius 2 is 1.78 bits per heavy atom. The van der Waals surface area contributed by atoms with Crippen LogP contribution in [0, 0.1) is 0 Å². The number of hydrazone groups is 1. The highest BCUT2D eigenvalue weighted by Gasteiger charge is 2.22. The van der Waals surface area contributed by atoms with Crippen LogP contribution < -0.4 is 16.0 Å². The normalized spacial score (nSPS) is 17.2. The van der Waals surface area contributed by atoms with Crippen molar-refractivity contribution in [2.24, 2.45) is 5.10 Å². The summed E-state index contributed by atoms with van der Waals surface area (Å²) in [7, 11) is 0. The van der Waals surface area contributed by atoms with Crippen molar-refractivity contribution in [2.45, 2.75) is 18.9 Å². The van der Waals surface area contributed by atoms with Gasteiger partial charge in [-0.3, -0.25) is 9.80 Å². The lowest BCUT2D eigenvalue weighted by Crippen LogP contribution is -2.41. The Balaban J connectivity index is 1.41. The number of rotatable bonds is 6. The summed E-state index contributed by atoms with van der Waals surface area (Å²) in [5, 5.41) is 16.3. The maximum atomic E-state index is 13.2. The summed E-state index contributed by atoms with van der Waals surface area (Å²) in [6, 6.07) is 16.6. The molecule has 0 spiro atoms. The number of allylic oxidation sites excluding steroid dienone is 3. The van der Waals surface area contributed by atoms with Gasteiger partial charge in [0, 0.05) is 35.4 Å². The van der Waals surface area contributed by atoms with Gasteiger partial charge in [-0.2, -0.15) is 5.10 Å². The van der Waals surface area contributed by atoms with Gasteiger partial charge < -0.3 is 16.0 Å². The Labute approximate surface area is 201 Å². The van der Waals surface area contributed by atoms with Crippen molar-refractivity contribution in [3.63, 3.8) is 0 Å². The molecule has 6 nitrogen and oxygen atoms in total. The first-order valence-corrected chi connectivity index (χ1v) is 11.7. The maximum absolute atomic E-state index is 13.2. The summed E-state index contributed by atoms with van der Waals surface area (Å²) in [5.41, 5.74) is 3.42. The van der Waals surface area contributed by atoms with Crippen LogP contribution in [0.25, 0.3) is 0 Å². The van der Waals surface area contributed by atoms with Crippen molar-refractivity contribution >= 4 is 50.6 Å². The molecule has 1 unspecified atom stereocenters. The van der Waals surface area contributed by atoms with Crippen molar-refractivity contribution < 1.29 is 4.79 Å². The average molecular weight is 510 g/mol. The second-order valence-electron chi connectivity index (χ2n) is 7.53. The molecule has 2 aliphatic rings. The number of nitrogens with one attached hydrogen (secondary N) is 3. The van der Waals surface area contributed by atoms with Crippen molar-refractivity contribution in [1.82, 2.24) is 15.6 Å². The molecule has 0 aromatic heterocycles. The lowest BCUT2D eigenvalue weighted by molar-refractivity contribution is -0.122. The molecule has 4 rings (SSSR count). The summed E-state index contributed by atoms with van der Waals surface area (Å²) < 4.78 is 0.982. The third-order valence-electron chi connectivity index (χ3n) is 5.13. The van der Waals surface area contributed by atoms with Gasteiger partial charge in [-0.05, 0) is 60.6 Å². The molecule has 1 amide bonds. The molecular formula is C24H24BrN5OS. The van der Waals surface area contributed by atoms with E-state index in [9.17, 15) is 4.79 Å². The molecule has 0 saturated carbocycles. The first-order valence-electron chi connectivity index (χ1n) is 10.5. The third-order valence-corrected chi connectivity index (χ3v) is 5.88. The Bertz CT molecular complexity index is 1060. The third kappa shape index (κ3) is 6.05. The van der Waals surface area contributed by atoms with E-state index in [1.54, 1.807) is 0 Å². The van der Waals surface area contributed by atoms with Gasteiger partial charge >= 0.3 is 0 Å². The molecular weight excluding hydrogens is 486 g/mol. The zero-order chi connectivity index (χ0) is 22.3. The summed E-state index contributed by atoms with van der Waals surface area (Å²) >= 11 is 8.90. The molecule has 2 aromatic carbocycles. The van der Waals surface area contributed by atoms with E-state index in [0.717, 1.165) is 40.2 Å². The largest absolute Gasteiger partial charge is 0.347 e. The minimum absolute atomic E-state index is 0.185. The molecule has 1 fully saturated rings. The highest BCUT2D eigenvalue weighted by Crippen LogP contribution is 2.17. The van der Waals surface area contributed by atoms with Gasteiger partial charge in [-0.1, -0.05) is 52.3 Å². The number of amides is 1. The fraction of sp³-hybridized carbons (Fsp3) is 0.208. The number of carbonyl (C=O) groups excluding carboxylic acids is 1. The predicted octanol–water partition coefficient (Wildman–Crippen LogP) is 4.50. The van der Waals surface area contributed by atoms with Gasteiger partial charge in [0.1, 0.15) is 6.04 Å². The van der Waals surface area contributed by atoms with E-state index >= 15 is 0 Å². The summed E-state index contributed by atoms with van der Waals surface area (Å²) in [6.07, 6.45) is 7.72. The van der Waals surface area contributed by atoms with Crippen molar-refractivity contribution in [2.75, 3.05) is 18.4 Å². The van der Waals surface area contributed by atoms with E-state index in [1.807, 2.05) is 72.8 Å². The minimum Gasteiger partial charge on any atom is -0.347 e. The zero-order valence-corrected chi connectivity index (χ0v) is 19.8. The Hall–Kier alpha value is -2.97. The van der Waals surface area contributed by atoms with Crippen LogP contribution in [-0.2, 0) is 4.79 Å². The monoisotopic (exact) mass is 509 g/mol. The number of hydrogen-bond donors (Lipinski definition) is 3. The van der Waals surface area contributed by atoms with E-state index in [-0.39, 0.29) is 5.91 Å². The molecule has 1 atom stereocenters. The Morgan fingerprint density at radius 3 is 2.41 bits per heavy atom. The number of anilines is 1. The zero-order valence-electron chi connectivity index (χ0n) is 17.4. The van der Waals surface area contributed by atoms with Crippen LogP contribution in [-0.4, -0.2) is 34.8 Å². The first-order chi connectivity index (χ1) is 15.6. The SMILES string of the molecule is O=C(NC1=CCC(=NN2CCC2)C=C1)C(NC(=S)Nc1ccc(Br)cc1)c1ccccc1. The fourth-order valence-electron chi connectivity index (χ4n) is 3.28. The molecule has 32 heavy (non-hydrogen) atoms. The van der Waals surface area contributed by atoms with Crippen molar-refractivity contribution in [3.05, 3.63) is 88.6 Å². The van der Waals surface area contributed by atoms with E-state index in [0.29, 0.717) is 11.5 Å². The number of halogens is 1. The van der Waals surface area contributed by atoms with Crippen LogP contribution in [0.15, 0.2) is 88.1 Å². The number of thiocarbonyl (C=S) groups is 1. The Kier molecular flexibility index (Phi) is 7.34. The summed E-state index contributed by atoms with van der Waals surface area (Å²) in [5.74, 6) is -0.185. The lowest BCUT2D eigenvalue weighted by atomic mass is 10.1. The quantitative estimate of drug-likeness (QED) is 0.500. The number of nitrogens with zero attached hydrogens (tertiary/aromatic N) is 2. The van der Waals surface area contributed by atoms with Gasteiger partial charge in [0.05, 0.1) is 5.71 Å². The maximum Gasteiger partial charge on any atom is 0.251 e. The molecule has 1 heterocycles. The highest BCUT2D eigenvalue weighted by atomic mass is 79.9. The van der Waals surface area contributed by atoms with Crippen molar-refractivity contribution in [1.29, 1.82) is 0 Å². The summed E-state index contributed by atoms with van der Waals surface area (Å²) in [4.78, 5) is 13.2. The van der Waals surface area contributed by atoms with E-state index in [1.165, 1.54) is 6.42 Å². The lowest BCUT2D eigenvalue weighted by Gasteiger charge is -2.28. The molecule has 3 N–H and O–H groups in total. The van der Waals surface area contributed by atoms with Crippen LogP contribution in [0.1, 0.15) is 24.4 Å². The van der Waals surface area contributed by atoms with Crippen LogP contribution in [0.3, 0.4) is 0 Å². The van der Waals surface area contributed by atoms with Crippen LogP contribution >= 0.6 is 28.1 Å². The van der Waals surface area contributed by atoms with Crippen LogP contribution in [0.5, 0.6) is 0 Å². The van der Waals surface area contributed by atoms with E-state index < -0.39 is 6.04 Å². The molecule has 0 bridgehead atoms. The van der Waals surface area contributed by atoms with Gasteiger partial charge in [-0.25, -0.2) is 0 Å².